The SMILES string of the molecule is CC.CCc1ccc(-c2c3cc(C)sc3c(-c3ccc(NC)[se]3)c3cc(C(C)(C)C)sc23)[se]1. The summed E-state index contributed by atoms with van der Waals surface area (Å²) < 4.78 is 9.03. The third-order valence-electron chi connectivity index (χ3n) is 5.67. The molecule has 33 heavy (non-hydrogen) atoms. The van der Waals surface area contributed by atoms with Crippen LogP contribution in [0.15, 0.2) is 36.4 Å². The summed E-state index contributed by atoms with van der Waals surface area (Å²) in [7, 11) is 2.04. The molecule has 0 aliphatic heterocycles. The molecule has 4 aromatic heterocycles. The van der Waals surface area contributed by atoms with Gasteiger partial charge in [0.15, 0.2) is 0 Å². The van der Waals surface area contributed by atoms with Crippen LogP contribution in [0, 0.1) is 6.92 Å². The Kier molecular flexibility index (Phi) is 7.51. The fourth-order valence-corrected chi connectivity index (χ4v) is 10.8. The molecule has 0 atom stereocenters. The number of anilines is 1. The maximum atomic E-state index is 3.39. The molecule has 5 aromatic rings. The number of hydrogen-bond acceptors (Lipinski definition) is 3. The fraction of sp³-hybridized carbons (Fsp3) is 0.357. The van der Waals surface area contributed by atoms with Gasteiger partial charge in [0.2, 0.25) is 0 Å². The van der Waals surface area contributed by atoms with E-state index >= 15 is 0 Å². The first kappa shape index (κ1) is 25.0. The normalized spacial score (nSPS) is 11.8. The van der Waals surface area contributed by atoms with Crippen molar-refractivity contribution in [1.82, 2.24) is 0 Å². The van der Waals surface area contributed by atoms with Gasteiger partial charge in [0.1, 0.15) is 0 Å². The van der Waals surface area contributed by atoms with Gasteiger partial charge < -0.3 is 0 Å². The van der Waals surface area contributed by atoms with Crippen LogP contribution in [0.4, 0.5) is 4.56 Å². The fourth-order valence-electron chi connectivity index (χ4n) is 4.06. The molecule has 0 aliphatic carbocycles. The van der Waals surface area contributed by atoms with Gasteiger partial charge >= 0.3 is 206 Å². The van der Waals surface area contributed by atoms with Crippen LogP contribution < -0.4 is 5.32 Å². The Balaban J connectivity index is 0.00000126. The number of hydrogen-bond donors (Lipinski definition) is 1. The van der Waals surface area contributed by atoms with E-state index in [2.05, 4.69) is 76.3 Å². The van der Waals surface area contributed by atoms with Gasteiger partial charge in [-0.3, -0.25) is 0 Å². The third-order valence-corrected chi connectivity index (χ3v) is 13.3. The van der Waals surface area contributed by atoms with Crippen molar-refractivity contribution in [2.45, 2.75) is 60.3 Å². The zero-order valence-electron chi connectivity index (χ0n) is 20.8. The van der Waals surface area contributed by atoms with Crippen LogP contribution in [0.25, 0.3) is 40.2 Å². The summed E-state index contributed by atoms with van der Waals surface area (Å²) in [6.07, 6.45) is 1.17. The molecule has 0 unspecified atom stereocenters. The number of thiophene rings is 2. The quantitative estimate of drug-likeness (QED) is 0.202. The Hall–Kier alpha value is -1.06. The summed E-state index contributed by atoms with van der Waals surface area (Å²) in [5.74, 6) is 0. The van der Waals surface area contributed by atoms with Crippen LogP contribution in [0.1, 0.15) is 55.7 Å². The monoisotopic (exact) mass is 607 g/mol. The van der Waals surface area contributed by atoms with E-state index in [9.17, 15) is 0 Å². The third kappa shape index (κ3) is 4.61. The van der Waals surface area contributed by atoms with Crippen molar-refractivity contribution in [3.05, 3.63) is 50.6 Å². The Labute approximate surface area is 218 Å². The summed E-state index contributed by atoms with van der Waals surface area (Å²) in [4.78, 5) is 2.90. The molecule has 5 heteroatoms. The van der Waals surface area contributed by atoms with Crippen molar-refractivity contribution < 1.29 is 0 Å². The molecule has 5 rings (SSSR count). The van der Waals surface area contributed by atoms with Crippen molar-refractivity contribution in [3.63, 3.8) is 0 Å². The van der Waals surface area contributed by atoms with Crippen LogP contribution in [-0.2, 0) is 11.8 Å². The zero-order valence-corrected chi connectivity index (χ0v) is 25.9. The van der Waals surface area contributed by atoms with Crippen LogP contribution in [0.2, 0.25) is 0 Å². The minimum atomic E-state index is 0.160. The van der Waals surface area contributed by atoms with Gasteiger partial charge in [-0.15, -0.1) is 0 Å². The van der Waals surface area contributed by atoms with E-state index < -0.39 is 0 Å². The van der Waals surface area contributed by atoms with Gasteiger partial charge in [-0.05, 0) is 0 Å². The first-order chi connectivity index (χ1) is 15.8. The van der Waals surface area contributed by atoms with E-state index in [-0.39, 0.29) is 5.41 Å². The van der Waals surface area contributed by atoms with E-state index in [0.717, 1.165) is 0 Å². The number of nitrogens with one attached hydrogen (secondary N) is 1. The number of rotatable bonds is 4. The van der Waals surface area contributed by atoms with Gasteiger partial charge in [-0.2, -0.15) is 0 Å². The second-order valence-corrected chi connectivity index (χ2v) is 16.0. The average molecular weight is 606 g/mol. The van der Waals surface area contributed by atoms with E-state index in [1.54, 1.807) is 8.87 Å². The summed E-state index contributed by atoms with van der Waals surface area (Å²) >= 11 is 4.78. The summed E-state index contributed by atoms with van der Waals surface area (Å²) in [5.41, 5.74) is 3.17. The van der Waals surface area contributed by atoms with E-state index in [4.69, 9.17) is 0 Å². The Morgan fingerprint density at radius 3 is 2.03 bits per heavy atom. The molecule has 0 saturated carbocycles. The van der Waals surface area contributed by atoms with Gasteiger partial charge in [0.25, 0.3) is 0 Å². The van der Waals surface area contributed by atoms with Crippen molar-refractivity contribution in [2.75, 3.05) is 12.4 Å². The molecule has 0 radical (unpaired) electrons. The van der Waals surface area contributed by atoms with Crippen LogP contribution in [-0.4, -0.2) is 36.1 Å². The second-order valence-electron chi connectivity index (χ2n) is 8.99. The standard InChI is InChI=1S/C26H27NS2Se2.C2H6/c1-7-15-8-9-18(30-15)22-16-12-14(2)28-24(16)23(19-10-11-21(27-6)31-19)17-13-20(26(3,4)5)29-25(17)22;1-2/h8-13,27H,7H2,1-6H3;1-2H3. The molecular formula is C28H33NS2Se2. The topological polar surface area (TPSA) is 12.0 Å². The first-order valence-electron chi connectivity index (χ1n) is 11.7. The Bertz CT molecular complexity index is 1310. The van der Waals surface area contributed by atoms with Gasteiger partial charge in [-0.1, -0.05) is 13.8 Å². The minimum absolute atomic E-state index is 0.160. The molecule has 0 saturated heterocycles. The molecule has 1 aromatic carbocycles. The molecule has 0 bridgehead atoms. The van der Waals surface area contributed by atoms with Gasteiger partial charge in [-0.25, -0.2) is 0 Å². The summed E-state index contributed by atoms with van der Waals surface area (Å²) in [6, 6.07) is 14.4. The second kappa shape index (κ2) is 9.90. The van der Waals surface area contributed by atoms with Gasteiger partial charge in [0, 0.05) is 0 Å². The van der Waals surface area contributed by atoms with Crippen molar-refractivity contribution in [1.29, 1.82) is 0 Å². The predicted molar refractivity (Wildman–Crippen MR) is 156 cm³/mol. The molecule has 0 amide bonds. The van der Waals surface area contributed by atoms with E-state index in [0.29, 0.717) is 29.0 Å². The maximum absolute atomic E-state index is 3.39. The number of aryl methyl sites for hydroxylation is 2. The molecule has 0 spiro atoms. The zero-order chi connectivity index (χ0) is 23.9. The van der Waals surface area contributed by atoms with Gasteiger partial charge in [0.05, 0.1) is 0 Å². The molecule has 0 fully saturated rings. The van der Waals surface area contributed by atoms with E-state index in [1.807, 2.05) is 43.6 Å². The Morgan fingerprint density at radius 2 is 1.45 bits per heavy atom. The number of fused-ring (bicyclic) bond motifs is 2. The molecular weight excluding hydrogens is 572 g/mol. The molecule has 174 valence electrons. The summed E-state index contributed by atoms with van der Waals surface area (Å²) in [6.45, 7) is 15.6. The van der Waals surface area contributed by atoms with Crippen LogP contribution >= 0.6 is 22.7 Å². The summed E-state index contributed by atoms with van der Waals surface area (Å²) in [5, 5.41) is 6.34. The molecule has 0 aliphatic rings. The Morgan fingerprint density at radius 1 is 0.848 bits per heavy atom. The molecule has 1 N–H and O–H groups in total. The van der Waals surface area contributed by atoms with Crippen LogP contribution in [0.5, 0.6) is 0 Å². The molecule has 4 heterocycles. The predicted octanol–water partition coefficient (Wildman–Crippen LogP) is 8.80. The first-order valence-corrected chi connectivity index (χ1v) is 16.7. The van der Waals surface area contributed by atoms with Crippen LogP contribution in [0.3, 0.4) is 0 Å². The van der Waals surface area contributed by atoms with E-state index in [1.165, 1.54) is 56.5 Å². The van der Waals surface area contributed by atoms with Crippen molar-refractivity contribution in [2.24, 2.45) is 0 Å². The number of benzene rings is 1. The van der Waals surface area contributed by atoms with Crippen molar-refractivity contribution in [3.8, 4) is 20.0 Å². The average Bonchev–Trinajstić information content (AvgIpc) is 3.57. The van der Waals surface area contributed by atoms with Crippen molar-refractivity contribution >= 4 is 76.4 Å². The molecule has 1 nitrogen and oxygen atoms in total.